The normalized spacial score (nSPS) is 29.5. The number of aryl methyl sites for hydroxylation is 2. The van der Waals surface area contributed by atoms with Crippen LogP contribution in [-0.2, 0) is 14.8 Å². The molecule has 26 heavy (non-hydrogen) atoms. The number of carbonyl (C=O) groups excluding carboxylic acids is 1. The van der Waals surface area contributed by atoms with Crippen molar-refractivity contribution < 1.29 is 17.7 Å². The SMILES string of the molecule is Cc1noc(C)c1S(=O)(=O)N1CCN(C(=O)CC2CC3CCC2C3)CC1. The van der Waals surface area contributed by atoms with E-state index >= 15 is 0 Å². The van der Waals surface area contributed by atoms with Gasteiger partial charge in [-0.25, -0.2) is 8.42 Å². The monoisotopic (exact) mass is 381 g/mol. The van der Waals surface area contributed by atoms with Crippen molar-refractivity contribution in [2.75, 3.05) is 26.2 Å². The number of fused-ring (bicyclic) bond motifs is 2. The number of hydrogen-bond acceptors (Lipinski definition) is 5. The van der Waals surface area contributed by atoms with E-state index in [9.17, 15) is 13.2 Å². The van der Waals surface area contributed by atoms with E-state index in [0.29, 0.717) is 50.0 Å². The van der Waals surface area contributed by atoms with Crippen molar-refractivity contribution >= 4 is 15.9 Å². The van der Waals surface area contributed by atoms with Gasteiger partial charge in [0.15, 0.2) is 5.76 Å². The van der Waals surface area contributed by atoms with Crippen molar-refractivity contribution in [3.05, 3.63) is 11.5 Å². The van der Waals surface area contributed by atoms with Gasteiger partial charge in [-0.3, -0.25) is 4.79 Å². The van der Waals surface area contributed by atoms with E-state index in [4.69, 9.17) is 4.52 Å². The highest BCUT2D eigenvalue weighted by molar-refractivity contribution is 7.89. The summed E-state index contributed by atoms with van der Waals surface area (Å²) in [6.07, 6.45) is 5.77. The van der Waals surface area contributed by atoms with Gasteiger partial charge in [-0.15, -0.1) is 0 Å². The van der Waals surface area contributed by atoms with Gasteiger partial charge in [0.2, 0.25) is 15.9 Å². The molecular weight excluding hydrogens is 354 g/mol. The summed E-state index contributed by atoms with van der Waals surface area (Å²) < 4.78 is 32.2. The van der Waals surface area contributed by atoms with Crippen LogP contribution in [0.3, 0.4) is 0 Å². The molecule has 0 N–H and O–H groups in total. The maximum absolute atomic E-state index is 12.9. The van der Waals surface area contributed by atoms with Crippen LogP contribution in [0.1, 0.15) is 43.6 Å². The number of nitrogens with zero attached hydrogens (tertiary/aromatic N) is 3. The third kappa shape index (κ3) is 3.07. The molecule has 3 aliphatic rings. The first-order chi connectivity index (χ1) is 12.4. The molecule has 8 heteroatoms. The Kier molecular flexibility index (Phi) is 4.59. The highest BCUT2D eigenvalue weighted by Crippen LogP contribution is 2.49. The molecule has 3 atom stereocenters. The molecule has 1 amide bonds. The molecule has 2 bridgehead atoms. The summed E-state index contributed by atoms with van der Waals surface area (Å²) in [6.45, 7) is 4.83. The zero-order chi connectivity index (χ0) is 18.5. The number of carbonyl (C=O) groups is 1. The third-order valence-electron chi connectivity index (χ3n) is 6.48. The van der Waals surface area contributed by atoms with Crippen LogP contribution in [0.15, 0.2) is 9.42 Å². The van der Waals surface area contributed by atoms with Gasteiger partial charge in [-0.2, -0.15) is 4.31 Å². The molecule has 1 saturated heterocycles. The number of rotatable bonds is 4. The van der Waals surface area contributed by atoms with E-state index < -0.39 is 10.0 Å². The van der Waals surface area contributed by atoms with Crippen LogP contribution in [-0.4, -0.2) is 54.9 Å². The molecule has 0 aromatic carbocycles. The Morgan fingerprint density at radius 1 is 1.15 bits per heavy atom. The van der Waals surface area contributed by atoms with Gasteiger partial charge in [0, 0.05) is 32.6 Å². The summed E-state index contributed by atoms with van der Waals surface area (Å²) in [5.41, 5.74) is 0.386. The average Bonchev–Trinajstić information content (AvgIpc) is 3.31. The Labute approximate surface area is 154 Å². The van der Waals surface area contributed by atoms with Crippen molar-refractivity contribution in [2.24, 2.45) is 17.8 Å². The number of aromatic nitrogens is 1. The molecule has 1 aliphatic heterocycles. The summed E-state index contributed by atoms with van der Waals surface area (Å²) in [7, 11) is -3.62. The van der Waals surface area contributed by atoms with Gasteiger partial charge >= 0.3 is 0 Å². The quantitative estimate of drug-likeness (QED) is 0.796. The summed E-state index contributed by atoms with van der Waals surface area (Å²) in [5, 5.41) is 3.75. The van der Waals surface area contributed by atoms with E-state index in [1.807, 2.05) is 4.90 Å². The molecule has 2 aliphatic carbocycles. The molecule has 0 radical (unpaired) electrons. The van der Waals surface area contributed by atoms with Crippen LogP contribution in [0.5, 0.6) is 0 Å². The van der Waals surface area contributed by atoms with Crippen LogP contribution >= 0.6 is 0 Å². The number of amides is 1. The van der Waals surface area contributed by atoms with E-state index in [-0.39, 0.29) is 10.8 Å². The van der Waals surface area contributed by atoms with Gasteiger partial charge in [-0.05, 0) is 50.9 Å². The van der Waals surface area contributed by atoms with E-state index in [0.717, 1.165) is 11.8 Å². The van der Waals surface area contributed by atoms with E-state index in [2.05, 4.69) is 5.16 Å². The van der Waals surface area contributed by atoms with Crippen molar-refractivity contribution in [1.29, 1.82) is 0 Å². The fourth-order valence-corrected chi connectivity index (χ4v) is 6.84. The summed E-state index contributed by atoms with van der Waals surface area (Å²) in [5.74, 6) is 2.64. The highest BCUT2D eigenvalue weighted by atomic mass is 32.2. The zero-order valence-electron chi connectivity index (χ0n) is 15.5. The largest absolute Gasteiger partial charge is 0.360 e. The Balaban J connectivity index is 1.36. The molecule has 1 aromatic heterocycles. The van der Waals surface area contributed by atoms with Crippen molar-refractivity contribution in [3.63, 3.8) is 0 Å². The lowest BCUT2D eigenvalue weighted by molar-refractivity contribution is -0.133. The third-order valence-corrected chi connectivity index (χ3v) is 8.62. The van der Waals surface area contributed by atoms with Gasteiger partial charge in [0.1, 0.15) is 10.6 Å². The number of hydrogen-bond donors (Lipinski definition) is 0. The van der Waals surface area contributed by atoms with Gasteiger partial charge in [-0.1, -0.05) is 11.6 Å². The summed E-state index contributed by atoms with van der Waals surface area (Å²) in [4.78, 5) is 14.7. The first-order valence-electron chi connectivity index (χ1n) is 9.57. The Morgan fingerprint density at radius 2 is 1.88 bits per heavy atom. The van der Waals surface area contributed by atoms with Crippen LogP contribution in [0.25, 0.3) is 0 Å². The second kappa shape index (κ2) is 6.64. The minimum absolute atomic E-state index is 0.166. The van der Waals surface area contributed by atoms with Crippen LogP contribution in [0.4, 0.5) is 0 Å². The molecule has 0 spiro atoms. The molecular formula is C18H27N3O4S. The first-order valence-corrected chi connectivity index (χ1v) is 11.0. The number of piperazine rings is 1. The second-order valence-corrected chi connectivity index (χ2v) is 9.95. The minimum atomic E-state index is -3.62. The fraction of sp³-hybridized carbons (Fsp3) is 0.778. The highest BCUT2D eigenvalue weighted by Gasteiger charge is 2.41. The Bertz CT molecular complexity index is 776. The molecule has 3 fully saturated rings. The summed E-state index contributed by atoms with van der Waals surface area (Å²) >= 11 is 0. The Morgan fingerprint density at radius 3 is 2.42 bits per heavy atom. The van der Waals surface area contributed by atoms with E-state index in [1.165, 1.54) is 30.0 Å². The Hall–Kier alpha value is -1.41. The van der Waals surface area contributed by atoms with Crippen LogP contribution in [0, 0.1) is 31.6 Å². The van der Waals surface area contributed by atoms with Crippen LogP contribution < -0.4 is 0 Å². The topological polar surface area (TPSA) is 83.7 Å². The standard InChI is InChI=1S/C18H27N3O4S/c1-12-18(13(2)25-19-12)26(23,24)21-7-5-20(6-8-21)17(22)11-16-10-14-3-4-15(16)9-14/h14-16H,3-11H2,1-2H3. The van der Waals surface area contributed by atoms with Crippen molar-refractivity contribution in [1.82, 2.24) is 14.4 Å². The molecule has 7 nitrogen and oxygen atoms in total. The lowest BCUT2D eigenvalue weighted by Gasteiger charge is -2.35. The maximum Gasteiger partial charge on any atom is 0.248 e. The average molecular weight is 381 g/mol. The smallest absolute Gasteiger partial charge is 0.248 e. The molecule has 1 aromatic rings. The fourth-order valence-electron chi connectivity index (χ4n) is 5.13. The second-order valence-electron chi connectivity index (χ2n) is 8.08. The molecule has 3 unspecified atom stereocenters. The summed E-state index contributed by atoms with van der Waals surface area (Å²) in [6, 6.07) is 0. The minimum Gasteiger partial charge on any atom is -0.360 e. The molecule has 2 saturated carbocycles. The van der Waals surface area contributed by atoms with Crippen molar-refractivity contribution in [2.45, 2.75) is 50.8 Å². The molecule has 144 valence electrons. The zero-order valence-corrected chi connectivity index (χ0v) is 16.3. The van der Waals surface area contributed by atoms with Gasteiger partial charge < -0.3 is 9.42 Å². The lowest BCUT2D eigenvalue weighted by atomic mass is 9.86. The molecule has 2 heterocycles. The van der Waals surface area contributed by atoms with Crippen LogP contribution in [0.2, 0.25) is 0 Å². The van der Waals surface area contributed by atoms with Gasteiger partial charge in [0.05, 0.1) is 0 Å². The number of sulfonamides is 1. The maximum atomic E-state index is 12.9. The van der Waals surface area contributed by atoms with Crippen molar-refractivity contribution in [3.8, 4) is 0 Å². The molecule has 4 rings (SSSR count). The first kappa shape index (κ1) is 18.0. The predicted octanol–water partition coefficient (Wildman–Crippen LogP) is 1.95. The predicted molar refractivity (Wildman–Crippen MR) is 94.9 cm³/mol. The van der Waals surface area contributed by atoms with Gasteiger partial charge in [0.25, 0.3) is 0 Å². The van der Waals surface area contributed by atoms with E-state index in [1.54, 1.807) is 13.8 Å². The lowest BCUT2D eigenvalue weighted by Crippen LogP contribution is -2.51.